The van der Waals surface area contributed by atoms with E-state index in [4.69, 9.17) is 4.99 Å². The van der Waals surface area contributed by atoms with Gasteiger partial charge in [0.25, 0.3) is 0 Å². The highest BCUT2D eigenvalue weighted by atomic mass is 16.3. The molecule has 170 valence electrons. The SMILES string of the molecule is CC(C)[C@H](C)CC[C@@H](C)[C@@H]1CCN=C2C3=C(CC[C@@]21C)[C@@]1(C)CC[C@H](O)C[C@@H]1CC3. The van der Waals surface area contributed by atoms with Crippen molar-refractivity contribution in [1.29, 1.82) is 0 Å². The zero-order chi connectivity index (χ0) is 21.7. The number of hydrogen-bond donors (Lipinski definition) is 1. The Morgan fingerprint density at radius 1 is 0.967 bits per heavy atom. The highest BCUT2D eigenvalue weighted by Gasteiger charge is 2.52. The predicted octanol–water partition coefficient (Wildman–Crippen LogP) is 7.21. The van der Waals surface area contributed by atoms with Crippen LogP contribution < -0.4 is 0 Å². The number of fused-ring (bicyclic) bond motifs is 4. The Bertz CT molecular complexity index is 705. The van der Waals surface area contributed by atoms with E-state index in [1.54, 1.807) is 11.1 Å². The highest BCUT2D eigenvalue weighted by molar-refractivity contribution is 6.06. The van der Waals surface area contributed by atoms with Gasteiger partial charge in [0.2, 0.25) is 0 Å². The van der Waals surface area contributed by atoms with Gasteiger partial charge in [0.1, 0.15) is 0 Å². The molecule has 0 spiro atoms. The first kappa shape index (κ1) is 22.6. The molecular weight excluding hydrogens is 366 g/mol. The van der Waals surface area contributed by atoms with Crippen molar-refractivity contribution in [3.05, 3.63) is 11.1 Å². The fourth-order valence-corrected chi connectivity index (χ4v) is 7.81. The number of aliphatic hydroxyl groups is 1. The first-order valence-electron chi connectivity index (χ1n) is 13.1. The van der Waals surface area contributed by atoms with Crippen LogP contribution in [0.1, 0.15) is 106 Å². The van der Waals surface area contributed by atoms with Crippen molar-refractivity contribution in [2.24, 2.45) is 45.4 Å². The molecule has 4 aliphatic rings. The summed E-state index contributed by atoms with van der Waals surface area (Å²) in [7, 11) is 0. The Kier molecular flexibility index (Phi) is 6.30. The highest BCUT2D eigenvalue weighted by Crippen LogP contribution is 2.60. The topological polar surface area (TPSA) is 32.6 Å². The van der Waals surface area contributed by atoms with Gasteiger partial charge in [-0.25, -0.2) is 0 Å². The van der Waals surface area contributed by atoms with Crippen LogP contribution in [0.2, 0.25) is 0 Å². The number of aliphatic imine (C=N–C) groups is 1. The number of nitrogens with zero attached hydrogens (tertiary/aromatic N) is 1. The van der Waals surface area contributed by atoms with E-state index in [2.05, 4.69) is 41.5 Å². The van der Waals surface area contributed by atoms with Crippen molar-refractivity contribution >= 4 is 5.71 Å². The van der Waals surface area contributed by atoms with Crippen molar-refractivity contribution in [2.45, 2.75) is 112 Å². The molecule has 2 heteroatoms. The summed E-state index contributed by atoms with van der Waals surface area (Å²) in [4.78, 5) is 5.26. The van der Waals surface area contributed by atoms with Crippen LogP contribution in [0.4, 0.5) is 0 Å². The average molecular weight is 414 g/mol. The lowest BCUT2D eigenvalue weighted by molar-refractivity contribution is 0.0238. The summed E-state index contributed by atoms with van der Waals surface area (Å²) in [6.07, 6.45) is 12.2. The Morgan fingerprint density at radius 3 is 2.47 bits per heavy atom. The third kappa shape index (κ3) is 3.74. The molecule has 0 bridgehead atoms. The van der Waals surface area contributed by atoms with Gasteiger partial charge in [-0.1, -0.05) is 60.0 Å². The van der Waals surface area contributed by atoms with Crippen molar-refractivity contribution in [3.8, 4) is 0 Å². The summed E-state index contributed by atoms with van der Waals surface area (Å²) < 4.78 is 0. The molecule has 3 aliphatic carbocycles. The molecule has 2 nitrogen and oxygen atoms in total. The Hall–Kier alpha value is -0.630. The van der Waals surface area contributed by atoms with Crippen molar-refractivity contribution in [3.63, 3.8) is 0 Å². The normalized spacial score (nSPS) is 40.9. The maximum atomic E-state index is 10.3. The zero-order valence-electron chi connectivity index (χ0n) is 20.6. The molecule has 0 aromatic rings. The summed E-state index contributed by atoms with van der Waals surface area (Å²) in [6, 6.07) is 0. The van der Waals surface area contributed by atoms with Gasteiger partial charge in [0, 0.05) is 17.7 Å². The molecule has 1 heterocycles. The lowest BCUT2D eigenvalue weighted by Gasteiger charge is -2.55. The third-order valence-electron chi connectivity index (χ3n) is 10.4. The Labute approximate surface area is 186 Å². The second-order valence-electron chi connectivity index (χ2n) is 12.4. The smallest absolute Gasteiger partial charge is 0.0543 e. The number of aliphatic hydroxyl groups excluding tert-OH is 1. The Balaban J connectivity index is 1.57. The van der Waals surface area contributed by atoms with E-state index < -0.39 is 0 Å². The van der Waals surface area contributed by atoms with Crippen LogP contribution in [0.15, 0.2) is 16.1 Å². The quantitative estimate of drug-likeness (QED) is 0.507. The second kappa shape index (κ2) is 8.38. The van der Waals surface area contributed by atoms with Gasteiger partial charge in [-0.3, -0.25) is 4.99 Å². The van der Waals surface area contributed by atoms with Gasteiger partial charge in [0.05, 0.1) is 6.10 Å². The van der Waals surface area contributed by atoms with Gasteiger partial charge in [-0.2, -0.15) is 0 Å². The second-order valence-corrected chi connectivity index (χ2v) is 12.4. The van der Waals surface area contributed by atoms with Crippen LogP contribution in [0.25, 0.3) is 0 Å². The number of hydrogen-bond acceptors (Lipinski definition) is 2. The lowest BCUT2D eigenvalue weighted by atomic mass is 9.50. The standard InChI is InChI=1S/C28H47NO/c1-18(2)19(3)7-8-20(4)24-13-16-29-26-23-10-9-21-17-22(30)11-14-27(21,5)25(23)12-15-28(24,26)6/h18-22,24,30H,7-17H2,1-6H3/t19-,20-,21+,22+,24+,27+,28-/m1/s1. The largest absolute Gasteiger partial charge is 0.393 e. The van der Waals surface area contributed by atoms with Crippen LogP contribution >= 0.6 is 0 Å². The molecule has 0 amide bonds. The molecule has 0 unspecified atom stereocenters. The fraction of sp³-hybridized carbons (Fsp3) is 0.893. The van der Waals surface area contributed by atoms with E-state index in [-0.39, 0.29) is 11.5 Å². The molecule has 0 aromatic carbocycles. The summed E-state index contributed by atoms with van der Waals surface area (Å²) in [5, 5.41) is 10.3. The molecule has 1 saturated carbocycles. The molecule has 1 N–H and O–H groups in total. The third-order valence-corrected chi connectivity index (χ3v) is 10.4. The van der Waals surface area contributed by atoms with Crippen LogP contribution in [0.5, 0.6) is 0 Å². The molecular formula is C28H47NO. The minimum Gasteiger partial charge on any atom is -0.393 e. The predicted molar refractivity (Wildman–Crippen MR) is 128 cm³/mol. The van der Waals surface area contributed by atoms with E-state index in [1.165, 1.54) is 57.1 Å². The molecule has 0 saturated heterocycles. The van der Waals surface area contributed by atoms with Crippen LogP contribution in [-0.2, 0) is 0 Å². The van der Waals surface area contributed by atoms with E-state index in [9.17, 15) is 5.11 Å². The van der Waals surface area contributed by atoms with Crippen molar-refractivity contribution in [2.75, 3.05) is 6.54 Å². The zero-order valence-corrected chi connectivity index (χ0v) is 20.6. The monoisotopic (exact) mass is 413 g/mol. The Morgan fingerprint density at radius 2 is 1.73 bits per heavy atom. The summed E-state index contributed by atoms with van der Waals surface area (Å²) in [6.45, 7) is 15.9. The lowest BCUT2D eigenvalue weighted by Crippen LogP contribution is -2.50. The van der Waals surface area contributed by atoms with Crippen LogP contribution in [0.3, 0.4) is 0 Å². The van der Waals surface area contributed by atoms with Gasteiger partial charge >= 0.3 is 0 Å². The summed E-state index contributed by atoms with van der Waals surface area (Å²) in [5.41, 5.74) is 5.56. The van der Waals surface area contributed by atoms with Crippen LogP contribution in [-0.4, -0.2) is 23.5 Å². The van der Waals surface area contributed by atoms with E-state index in [1.807, 2.05) is 0 Å². The van der Waals surface area contributed by atoms with Gasteiger partial charge in [0.15, 0.2) is 0 Å². The molecule has 1 aliphatic heterocycles. The molecule has 30 heavy (non-hydrogen) atoms. The molecule has 4 rings (SSSR count). The maximum absolute atomic E-state index is 10.3. The molecule has 1 fully saturated rings. The van der Waals surface area contributed by atoms with Gasteiger partial charge in [-0.15, -0.1) is 0 Å². The average Bonchev–Trinajstić information content (AvgIpc) is 2.71. The number of rotatable bonds is 5. The number of allylic oxidation sites excluding steroid dienone is 2. The first-order chi connectivity index (χ1) is 14.2. The first-order valence-corrected chi connectivity index (χ1v) is 13.1. The van der Waals surface area contributed by atoms with Crippen molar-refractivity contribution in [1.82, 2.24) is 0 Å². The minimum atomic E-state index is -0.0652. The minimum absolute atomic E-state index is 0.0652. The van der Waals surface area contributed by atoms with Gasteiger partial charge in [-0.05, 0) is 91.9 Å². The van der Waals surface area contributed by atoms with E-state index in [0.717, 1.165) is 43.1 Å². The van der Waals surface area contributed by atoms with E-state index >= 15 is 0 Å². The summed E-state index contributed by atoms with van der Waals surface area (Å²) in [5.74, 6) is 3.89. The fourth-order valence-electron chi connectivity index (χ4n) is 7.81. The van der Waals surface area contributed by atoms with Gasteiger partial charge < -0.3 is 5.11 Å². The van der Waals surface area contributed by atoms with E-state index in [0.29, 0.717) is 11.3 Å². The maximum Gasteiger partial charge on any atom is 0.0543 e. The molecule has 7 atom stereocenters. The van der Waals surface area contributed by atoms with Crippen LogP contribution in [0, 0.1) is 40.4 Å². The van der Waals surface area contributed by atoms with Crippen molar-refractivity contribution < 1.29 is 5.11 Å². The summed E-state index contributed by atoms with van der Waals surface area (Å²) >= 11 is 0. The molecule has 0 radical (unpaired) electrons. The molecule has 0 aromatic heterocycles.